The fourth-order valence-corrected chi connectivity index (χ4v) is 4.23. The second-order valence-corrected chi connectivity index (χ2v) is 10.1. The van der Waals surface area contributed by atoms with E-state index in [1.54, 1.807) is 0 Å². The molecule has 0 radical (unpaired) electrons. The summed E-state index contributed by atoms with van der Waals surface area (Å²) in [4.78, 5) is 20.5. The summed E-state index contributed by atoms with van der Waals surface area (Å²) in [6, 6.07) is 0. The van der Waals surface area contributed by atoms with Crippen molar-refractivity contribution in [2.75, 3.05) is 0 Å². The van der Waals surface area contributed by atoms with Gasteiger partial charge in [0.2, 0.25) is 0 Å². The zero-order valence-electron chi connectivity index (χ0n) is 23.8. The number of aliphatic carboxylic acids is 2. The second-order valence-electron chi connectivity index (χ2n) is 10.1. The molecule has 0 rings (SSSR count). The minimum Gasteiger partial charge on any atom is 0 e. The van der Waals surface area contributed by atoms with Gasteiger partial charge in [-0.1, -0.05) is 155 Å². The SMILES string of the molecule is CCCCCCCCCCCC(=O)O.CCCCCCCCCCCCCCCCCC(=O)O.[CaH2].[Zn]. The van der Waals surface area contributed by atoms with Crippen LogP contribution in [-0.2, 0) is 29.1 Å². The predicted octanol–water partition coefficient (Wildman–Crippen LogP) is 9.41. The molecule has 2 N–H and O–H groups in total. The van der Waals surface area contributed by atoms with Crippen LogP contribution in [0.5, 0.6) is 0 Å². The first-order valence-corrected chi connectivity index (χ1v) is 15.0. The molecule has 0 saturated heterocycles. The molecule has 0 aliphatic carbocycles. The molecule has 0 bridgehead atoms. The van der Waals surface area contributed by atoms with E-state index in [9.17, 15) is 9.59 Å². The zero-order valence-corrected chi connectivity index (χ0v) is 26.8. The summed E-state index contributed by atoms with van der Waals surface area (Å²) in [6.07, 6.45) is 31.7. The largest absolute Gasteiger partial charge is 0 e. The minimum absolute atomic E-state index is 0. The molecule has 210 valence electrons. The van der Waals surface area contributed by atoms with Gasteiger partial charge in [-0.25, -0.2) is 0 Å². The van der Waals surface area contributed by atoms with Gasteiger partial charge >= 0.3 is 49.7 Å². The van der Waals surface area contributed by atoms with Gasteiger partial charge in [-0.3, -0.25) is 9.59 Å². The summed E-state index contributed by atoms with van der Waals surface area (Å²) in [5.41, 5.74) is 0. The molecule has 0 fully saturated rings. The molecule has 0 aromatic heterocycles. The van der Waals surface area contributed by atoms with Gasteiger partial charge in [-0.2, -0.15) is 0 Å². The molecule has 6 heteroatoms. The van der Waals surface area contributed by atoms with E-state index >= 15 is 0 Å². The number of hydrogen-bond donors (Lipinski definition) is 2. The first kappa shape index (κ1) is 43.9. The summed E-state index contributed by atoms with van der Waals surface area (Å²) < 4.78 is 0. The first-order chi connectivity index (χ1) is 16.5. The molecule has 4 nitrogen and oxygen atoms in total. The standard InChI is InChI=1S/C18H36O2.C12H24O2.Ca.Zn.2H/c1-2-3-4-5-6-7-8-9-10-11-12-13-14-15-16-17-18(19)20;1-2-3-4-5-6-7-8-9-10-11-12(13)14;;;;/h2-17H2,1H3,(H,19,20);2-11H2,1H3,(H,13,14);;;;. The number of carbonyl (C=O) groups is 2. The van der Waals surface area contributed by atoms with Crippen molar-refractivity contribution in [2.24, 2.45) is 0 Å². The van der Waals surface area contributed by atoms with Crippen LogP contribution in [0.2, 0.25) is 0 Å². The third kappa shape index (κ3) is 48.0. The van der Waals surface area contributed by atoms with E-state index in [-0.39, 0.29) is 57.2 Å². The first-order valence-electron chi connectivity index (χ1n) is 15.0. The van der Waals surface area contributed by atoms with Crippen LogP contribution >= 0.6 is 0 Å². The van der Waals surface area contributed by atoms with Crippen molar-refractivity contribution in [3.8, 4) is 0 Å². The van der Waals surface area contributed by atoms with Crippen molar-refractivity contribution >= 4 is 49.7 Å². The van der Waals surface area contributed by atoms with Crippen molar-refractivity contribution in [1.29, 1.82) is 0 Å². The number of carboxylic acids is 2. The maximum Gasteiger partial charge on any atom is 0 e. The van der Waals surface area contributed by atoms with Crippen molar-refractivity contribution in [3.05, 3.63) is 0 Å². The monoisotopic (exact) mass is 590 g/mol. The molecular weight excluding hydrogens is 530 g/mol. The Morgan fingerprint density at radius 1 is 0.389 bits per heavy atom. The number of hydrogen-bond acceptors (Lipinski definition) is 2. The third-order valence-corrected chi connectivity index (χ3v) is 6.49. The topological polar surface area (TPSA) is 74.6 Å². The molecule has 0 aromatic rings. The summed E-state index contributed by atoms with van der Waals surface area (Å²) in [6.45, 7) is 4.50. The molecule has 0 aromatic carbocycles. The Morgan fingerprint density at radius 3 is 0.722 bits per heavy atom. The molecule has 0 aliphatic heterocycles. The minimum atomic E-state index is -0.659. The van der Waals surface area contributed by atoms with Crippen LogP contribution in [0, 0.1) is 0 Å². The second kappa shape index (κ2) is 40.3. The smallest absolute Gasteiger partial charge is 0 e. The Balaban J connectivity index is -0.000000285. The van der Waals surface area contributed by atoms with Gasteiger partial charge in [0.05, 0.1) is 0 Å². The van der Waals surface area contributed by atoms with Gasteiger partial charge in [0.1, 0.15) is 0 Å². The van der Waals surface area contributed by atoms with Gasteiger partial charge in [0.15, 0.2) is 0 Å². The van der Waals surface area contributed by atoms with Gasteiger partial charge in [-0.05, 0) is 12.8 Å². The van der Waals surface area contributed by atoms with E-state index in [0.29, 0.717) is 12.8 Å². The summed E-state index contributed by atoms with van der Waals surface area (Å²) in [5.74, 6) is -1.31. The van der Waals surface area contributed by atoms with Crippen LogP contribution < -0.4 is 0 Å². The predicted molar refractivity (Wildman–Crippen MR) is 155 cm³/mol. The van der Waals surface area contributed by atoms with E-state index in [0.717, 1.165) is 25.7 Å². The number of carboxylic acid groups (broad SMARTS) is 2. The molecule has 0 saturated carbocycles. The van der Waals surface area contributed by atoms with Crippen LogP contribution in [0.25, 0.3) is 0 Å². The van der Waals surface area contributed by atoms with Crippen molar-refractivity contribution in [2.45, 2.75) is 181 Å². The van der Waals surface area contributed by atoms with E-state index in [2.05, 4.69) is 13.8 Å². The average molecular weight is 592 g/mol. The van der Waals surface area contributed by atoms with E-state index in [1.165, 1.54) is 128 Å². The molecule has 0 aliphatic rings. The molecule has 0 atom stereocenters. The Bertz CT molecular complexity index is 422. The Morgan fingerprint density at radius 2 is 0.556 bits per heavy atom. The fourth-order valence-electron chi connectivity index (χ4n) is 4.23. The maximum atomic E-state index is 10.3. The molecule has 0 heterocycles. The quantitative estimate of drug-likeness (QED) is 0.0776. The third-order valence-electron chi connectivity index (χ3n) is 6.49. The summed E-state index contributed by atoms with van der Waals surface area (Å²) in [7, 11) is 0. The average Bonchev–Trinajstić information content (AvgIpc) is 2.80. The van der Waals surface area contributed by atoms with Crippen LogP contribution in [0.4, 0.5) is 0 Å². The number of unbranched alkanes of at least 4 members (excludes halogenated alkanes) is 22. The normalized spacial score (nSPS) is 10.1. The van der Waals surface area contributed by atoms with Crippen molar-refractivity contribution in [3.63, 3.8) is 0 Å². The molecule has 0 spiro atoms. The Hall–Kier alpha value is 0.823. The van der Waals surface area contributed by atoms with Crippen molar-refractivity contribution < 1.29 is 39.3 Å². The van der Waals surface area contributed by atoms with Crippen LogP contribution in [-0.4, -0.2) is 59.9 Å². The molecule has 36 heavy (non-hydrogen) atoms. The van der Waals surface area contributed by atoms with Gasteiger partial charge < -0.3 is 10.2 Å². The molecule has 0 unspecified atom stereocenters. The summed E-state index contributed by atoms with van der Waals surface area (Å²) in [5, 5.41) is 16.9. The van der Waals surface area contributed by atoms with E-state index in [1.807, 2.05) is 0 Å². The Labute approximate surface area is 267 Å². The number of rotatable bonds is 26. The van der Waals surface area contributed by atoms with E-state index < -0.39 is 11.9 Å². The van der Waals surface area contributed by atoms with Gasteiger partial charge in [-0.15, -0.1) is 0 Å². The maximum absolute atomic E-state index is 10.3. The summed E-state index contributed by atoms with van der Waals surface area (Å²) >= 11 is 0. The Kier molecular flexibility index (Phi) is 49.1. The van der Waals surface area contributed by atoms with E-state index in [4.69, 9.17) is 10.2 Å². The van der Waals surface area contributed by atoms with Crippen LogP contribution in [0.15, 0.2) is 0 Å². The van der Waals surface area contributed by atoms with Crippen LogP contribution in [0.3, 0.4) is 0 Å². The zero-order chi connectivity index (χ0) is 25.5. The van der Waals surface area contributed by atoms with Gasteiger partial charge in [0.25, 0.3) is 0 Å². The van der Waals surface area contributed by atoms with Gasteiger partial charge in [0, 0.05) is 32.3 Å². The van der Waals surface area contributed by atoms with Crippen LogP contribution in [0.1, 0.15) is 181 Å². The fraction of sp³-hybridized carbons (Fsp3) is 0.933. The van der Waals surface area contributed by atoms with Crippen molar-refractivity contribution in [1.82, 2.24) is 0 Å². The molecule has 0 amide bonds. The molecular formula is C30H62CaO4Zn.